The Morgan fingerprint density at radius 1 is 0.818 bits per heavy atom. The SMILES string of the molecule is COC(=O)c1ccc(Oc2ccc(NC(=O)c3cccc([N+](=O)[O-])c3)cc2)cc1C(=O)OC. The Balaban J connectivity index is 1.74. The van der Waals surface area contributed by atoms with Gasteiger partial charge in [0.05, 0.1) is 30.3 Å². The molecule has 0 aromatic heterocycles. The minimum Gasteiger partial charge on any atom is -0.465 e. The monoisotopic (exact) mass is 450 g/mol. The number of carbonyl (C=O) groups is 3. The minimum absolute atomic E-state index is 0.0114. The van der Waals surface area contributed by atoms with Gasteiger partial charge in [0.15, 0.2) is 0 Å². The second-order valence-corrected chi connectivity index (χ2v) is 6.58. The number of nitrogens with one attached hydrogen (secondary N) is 1. The van der Waals surface area contributed by atoms with Crippen molar-refractivity contribution in [2.75, 3.05) is 19.5 Å². The average molecular weight is 450 g/mol. The van der Waals surface area contributed by atoms with Crippen LogP contribution < -0.4 is 10.1 Å². The van der Waals surface area contributed by atoms with Crippen molar-refractivity contribution in [2.45, 2.75) is 0 Å². The van der Waals surface area contributed by atoms with Gasteiger partial charge in [0.2, 0.25) is 0 Å². The summed E-state index contributed by atoms with van der Waals surface area (Å²) in [6.45, 7) is 0. The van der Waals surface area contributed by atoms with E-state index in [0.29, 0.717) is 11.4 Å². The molecule has 10 nitrogen and oxygen atoms in total. The van der Waals surface area contributed by atoms with Crippen molar-refractivity contribution in [3.63, 3.8) is 0 Å². The van der Waals surface area contributed by atoms with E-state index in [0.717, 1.165) is 0 Å². The number of amides is 1. The van der Waals surface area contributed by atoms with Crippen LogP contribution in [0, 0.1) is 10.1 Å². The predicted octanol–water partition coefficient (Wildman–Crippen LogP) is 4.21. The summed E-state index contributed by atoms with van der Waals surface area (Å²) >= 11 is 0. The first kappa shape index (κ1) is 22.9. The number of nitro benzene ring substituents is 1. The summed E-state index contributed by atoms with van der Waals surface area (Å²) in [5.41, 5.74) is 0.426. The molecule has 3 rings (SSSR count). The smallest absolute Gasteiger partial charge is 0.338 e. The number of benzene rings is 3. The number of nitro groups is 1. The van der Waals surface area contributed by atoms with Gasteiger partial charge >= 0.3 is 11.9 Å². The van der Waals surface area contributed by atoms with E-state index >= 15 is 0 Å². The van der Waals surface area contributed by atoms with Crippen molar-refractivity contribution in [3.8, 4) is 11.5 Å². The summed E-state index contributed by atoms with van der Waals surface area (Å²) < 4.78 is 15.1. The number of non-ortho nitro benzene ring substituents is 1. The Morgan fingerprint density at radius 3 is 2.09 bits per heavy atom. The van der Waals surface area contributed by atoms with Crippen LogP contribution in [0.3, 0.4) is 0 Å². The number of nitrogens with zero attached hydrogens (tertiary/aromatic N) is 1. The molecule has 1 amide bonds. The topological polar surface area (TPSA) is 134 Å². The van der Waals surface area contributed by atoms with Gasteiger partial charge in [-0.1, -0.05) is 6.07 Å². The van der Waals surface area contributed by atoms with Crippen LogP contribution in [0.25, 0.3) is 0 Å². The van der Waals surface area contributed by atoms with Gasteiger partial charge in [-0.25, -0.2) is 9.59 Å². The standard InChI is InChI=1S/C23H18N2O8/c1-31-22(27)19-11-10-18(13-20(19)23(28)32-2)33-17-8-6-15(7-9-17)24-21(26)14-4-3-5-16(12-14)25(29)30/h3-13H,1-2H3,(H,24,26). The van der Waals surface area contributed by atoms with Crippen molar-refractivity contribution < 1.29 is 33.5 Å². The predicted molar refractivity (Wildman–Crippen MR) is 117 cm³/mol. The largest absolute Gasteiger partial charge is 0.465 e. The minimum atomic E-state index is -0.722. The number of ether oxygens (including phenoxy) is 3. The van der Waals surface area contributed by atoms with Crippen LogP contribution in [0.1, 0.15) is 31.1 Å². The van der Waals surface area contributed by atoms with Crippen LogP contribution in [0.15, 0.2) is 66.7 Å². The maximum absolute atomic E-state index is 12.4. The fraction of sp³-hybridized carbons (Fsp3) is 0.0870. The van der Waals surface area contributed by atoms with Gasteiger partial charge in [0.25, 0.3) is 11.6 Å². The molecule has 0 heterocycles. The first-order valence-electron chi connectivity index (χ1n) is 9.46. The van der Waals surface area contributed by atoms with Crippen LogP contribution in [0.5, 0.6) is 11.5 Å². The van der Waals surface area contributed by atoms with Crippen molar-refractivity contribution in [1.29, 1.82) is 0 Å². The van der Waals surface area contributed by atoms with Gasteiger partial charge < -0.3 is 19.5 Å². The summed E-state index contributed by atoms with van der Waals surface area (Å²) in [6, 6.07) is 15.9. The molecular weight excluding hydrogens is 432 g/mol. The number of methoxy groups -OCH3 is 2. The number of carbonyl (C=O) groups excluding carboxylic acids is 3. The van der Waals surface area contributed by atoms with E-state index in [-0.39, 0.29) is 28.1 Å². The normalized spacial score (nSPS) is 10.1. The highest BCUT2D eigenvalue weighted by atomic mass is 16.6. The van der Waals surface area contributed by atoms with Gasteiger partial charge in [-0.15, -0.1) is 0 Å². The van der Waals surface area contributed by atoms with E-state index in [9.17, 15) is 24.5 Å². The van der Waals surface area contributed by atoms with Gasteiger partial charge in [0.1, 0.15) is 11.5 Å². The van der Waals surface area contributed by atoms with Crippen LogP contribution in [0.4, 0.5) is 11.4 Å². The molecule has 33 heavy (non-hydrogen) atoms. The number of hydrogen-bond donors (Lipinski definition) is 1. The lowest BCUT2D eigenvalue weighted by Crippen LogP contribution is -2.12. The first-order valence-corrected chi connectivity index (χ1v) is 9.46. The van der Waals surface area contributed by atoms with Gasteiger partial charge in [-0.3, -0.25) is 14.9 Å². The molecule has 0 saturated carbocycles. The summed E-state index contributed by atoms with van der Waals surface area (Å²) in [5.74, 6) is -1.25. The van der Waals surface area contributed by atoms with Crippen molar-refractivity contribution >= 4 is 29.2 Å². The average Bonchev–Trinajstić information content (AvgIpc) is 2.84. The molecule has 0 unspecified atom stereocenters. The Hall–Kier alpha value is -4.73. The zero-order chi connectivity index (χ0) is 24.0. The lowest BCUT2D eigenvalue weighted by Gasteiger charge is -2.11. The quantitative estimate of drug-likeness (QED) is 0.321. The van der Waals surface area contributed by atoms with E-state index in [1.54, 1.807) is 24.3 Å². The highest BCUT2D eigenvalue weighted by Crippen LogP contribution is 2.26. The molecule has 0 aliphatic heterocycles. The molecule has 1 N–H and O–H groups in total. The summed E-state index contributed by atoms with van der Waals surface area (Å²) in [4.78, 5) is 46.5. The lowest BCUT2D eigenvalue weighted by atomic mass is 10.1. The third kappa shape index (κ3) is 5.50. The van der Waals surface area contributed by atoms with Crippen molar-refractivity contribution in [2.24, 2.45) is 0 Å². The Morgan fingerprint density at radius 2 is 1.45 bits per heavy atom. The summed E-state index contributed by atoms with van der Waals surface area (Å²) in [7, 11) is 2.39. The molecule has 168 valence electrons. The fourth-order valence-electron chi connectivity index (χ4n) is 2.86. The van der Waals surface area contributed by atoms with E-state index in [2.05, 4.69) is 10.1 Å². The second-order valence-electron chi connectivity index (χ2n) is 6.58. The van der Waals surface area contributed by atoms with Gasteiger partial charge in [0, 0.05) is 23.4 Å². The van der Waals surface area contributed by atoms with Gasteiger partial charge in [-0.2, -0.15) is 0 Å². The second kappa shape index (κ2) is 10.1. The van der Waals surface area contributed by atoms with E-state index in [1.807, 2.05) is 0 Å². The molecule has 10 heteroatoms. The summed E-state index contributed by atoms with van der Waals surface area (Å²) in [6.07, 6.45) is 0. The summed E-state index contributed by atoms with van der Waals surface area (Å²) in [5, 5.41) is 13.5. The maximum Gasteiger partial charge on any atom is 0.338 e. The Labute approximate surface area is 187 Å². The van der Waals surface area contributed by atoms with E-state index in [1.165, 1.54) is 56.7 Å². The van der Waals surface area contributed by atoms with E-state index < -0.39 is 22.8 Å². The van der Waals surface area contributed by atoms with Crippen LogP contribution in [-0.4, -0.2) is 37.0 Å². The molecule has 0 fully saturated rings. The molecule has 0 aliphatic rings. The maximum atomic E-state index is 12.4. The zero-order valence-corrected chi connectivity index (χ0v) is 17.6. The van der Waals surface area contributed by atoms with Crippen LogP contribution in [0.2, 0.25) is 0 Å². The lowest BCUT2D eigenvalue weighted by molar-refractivity contribution is -0.384. The number of hydrogen-bond acceptors (Lipinski definition) is 8. The first-order chi connectivity index (χ1) is 15.8. The molecule has 3 aromatic rings. The Bertz CT molecular complexity index is 1220. The molecule has 0 atom stereocenters. The highest BCUT2D eigenvalue weighted by Gasteiger charge is 2.19. The molecule has 0 radical (unpaired) electrons. The third-order valence-electron chi connectivity index (χ3n) is 4.47. The molecule has 3 aromatic carbocycles. The number of anilines is 1. The zero-order valence-electron chi connectivity index (χ0n) is 17.6. The number of rotatable bonds is 7. The highest BCUT2D eigenvalue weighted by molar-refractivity contribution is 6.05. The molecular formula is C23H18N2O8. The van der Waals surface area contributed by atoms with Crippen molar-refractivity contribution in [3.05, 3.63) is 93.5 Å². The molecule has 0 aliphatic carbocycles. The molecule has 0 bridgehead atoms. The number of esters is 2. The fourth-order valence-corrected chi connectivity index (χ4v) is 2.86. The Kier molecular flexibility index (Phi) is 6.99. The van der Waals surface area contributed by atoms with Crippen molar-refractivity contribution in [1.82, 2.24) is 0 Å². The van der Waals surface area contributed by atoms with Crippen LogP contribution in [-0.2, 0) is 9.47 Å². The van der Waals surface area contributed by atoms with Gasteiger partial charge in [-0.05, 0) is 48.5 Å². The van der Waals surface area contributed by atoms with E-state index in [4.69, 9.17) is 9.47 Å². The molecule has 0 spiro atoms. The molecule has 0 saturated heterocycles. The van der Waals surface area contributed by atoms with Crippen LogP contribution >= 0.6 is 0 Å². The third-order valence-corrected chi connectivity index (χ3v) is 4.47.